The number of piperidine rings is 1. The van der Waals surface area contributed by atoms with Crippen LogP contribution in [0.4, 0.5) is 17.5 Å². The molecule has 2 aromatic heterocycles. The number of carbonyl (C=O) groups excluding carboxylic acids is 1. The van der Waals surface area contributed by atoms with Crippen molar-refractivity contribution < 1.29 is 9.53 Å². The number of nitrogens with zero attached hydrogens (tertiary/aromatic N) is 6. The maximum Gasteiger partial charge on any atom is 0.253 e. The van der Waals surface area contributed by atoms with Crippen molar-refractivity contribution in [3.63, 3.8) is 0 Å². The lowest BCUT2D eigenvalue weighted by molar-refractivity contribution is -0.123. The maximum atomic E-state index is 11.9. The van der Waals surface area contributed by atoms with Gasteiger partial charge in [-0.2, -0.15) is 10.1 Å². The Bertz CT molecular complexity index is 984. The van der Waals surface area contributed by atoms with Gasteiger partial charge in [-0.1, -0.05) is 11.6 Å². The molecular formula is C21H27ClN8O2. The van der Waals surface area contributed by atoms with Gasteiger partial charge in [-0.15, -0.1) is 0 Å². The summed E-state index contributed by atoms with van der Waals surface area (Å²) in [6, 6.07) is 0.415. The molecule has 0 spiro atoms. The van der Waals surface area contributed by atoms with Gasteiger partial charge in [0.15, 0.2) is 0 Å². The fraction of sp³-hybridized carbons (Fsp3) is 0.429. The van der Waals surface area contributed by atoms with Crippen LogP contribution in [0, 0.1) is 0 Å². The summed E-state index contributed by atoms with van der Waals surface area (Å²) in [7, 11) is 2.15. The van der Waals surface area contributed by atoms with Crippen LogP contribution in [0.25, 0.3) is 0 Å². The van der Waals surface area contributed by atoms with Crippen LogP contribution in [0.5, 0.6) is 0 Å². The van der Waals surface area contributed by atoms with Crippen LogP contribution in [0.1, 0.15) is 25.3 Å². The van der Waals surface area contributed by atoms with Crippen LogP contribution in [-0.2, 0) is 9.53 Å². The van der Waals surface area contributed by atoms with Gasteiger partial charge in [0.25, 0.3) is 5.91 Å². The SMILES string of the molecule is CN1CCC(n2cc(Nc3ncc(Cl)c(NCCCN4C=COC=CC4=O)n3)cn2)CC1. The van der Waals surface area contributed by atoms with Crippen molar-refractivity contribution in [2.45, 2.75) is 25.3 Å². The summed E-state index contributed by atoms with van der Waals surface area (Å²) in [6.45, 7) is 3.29. The van der Waals surface area contributed by atoms with Gasteiger partial charge in [0.05, 0.1) is 30.4 Å². The largest absolute Gasteiger partial charge is 0.471 e. The number of halogens is 1. The quantitative estimate of drug-likeness (QED) is 0.582. The minimum atomic E-state index is -0.119. The van der Waals surface area contributed by atoms with Crippen LogP contribution < -0.4 is 10.6 Å². The molecule has 32 heavy (non-hydrogen) atoms. The zero-order chi connectivity index (χ0) is 22.3. The van der Waals surface area contributed by atoms with E-state index in [2.05, 4.69) is 37.6 Å². The minimum absolute atomic E-state index is 0.119. The van der Waals surface area contributed by atoms with Gasteiger partial charge in [0, 0.05) is 31.6 Å². The smallest absolute Gasteiger partial charge is 0.253 e. The molecule has 2 aliphatic heterocycles. The number of likely N-dealkylation sites (tertiary alicyclic amines) is 1. The molecule has 0 aliphatic carbocycles. The molecule has 4 rings (SSSR count). The lowest BCUT2D eigenvalue weighted by Gasteiger charge is -2.28. The summed E-state index contributed by atoms with van der Waals surface area (Å²) < 4.78 is 7.02. The van der Waals surface area contributed by atoms with Crippen molar-refractivity contribution in [2.24, 2.45) is 0 Å². The van der Waals surface area contributed by atoms with Gasteiger partial charge < -0.3 is 25.2 Å². The third-order valence-electron chi connectivity index (χ3n) is 5.42. The van der Waals surface area contributed by atoms with Crippen LogP contribution in [-0.4, -0.2) is 68.7 Å². The van der Waals surface area contributed by atoms with Crippen molar-refractivity contribution in [1.82, 2.24) is 29.5 Å². The topological polar surface area (TPSA) is 100 Å². The fourth-order valence-electron chi connectivity index (χ4n) is 3.60. The van der Waals surface area contributed by atoms with Crippen molar-refractivity contribution in [2.75, 3.05) is 43.9 Å². The van der Waals surface area contributed by atoms with Gasteiger partial charge >= 0.3 is 0 Å². The highest BCUT2D eigenvalue weighted by Crippen LogP contribution is 2.24. The predicted octanol–water partition coefficient (Wildman–Crippen LogP) is 2.98. The molecule has 4 heterocycles. The molecule has 1 amide bonds. The van der Waals surface area contributed by atoms with Crippen LogP contribution in [0.2, 0.25) is 5.02 Å². The molecule has 1 saturated heterocycles. The Hall–Kier alpha value is -3.11. The summed E-state index contributed by atoms with van der Waals surface area (Å²) >= 11 is 6.25. The Kier molecular flexibility index (Phi) is 7.23. The number of rotatable bonds is 8. The molecule has 0 aromatic carbocycles. The van der Waals surface area contributed by atoms with Gasteiger partial charge in [-0.25, -0.2) is 4.98 Å². The first kappa shape index (κ1) is 22.1. The summed E-state index contributed by atoms with van der Waals surface area (Å²) in [5.74, 6) is 0.853. The maximum absolute atomic E-state index is 11.9. The number of anilines is 3. The van der Waals surface area contributed by atoms with Gasteiger partial charge in [0.2, 0.25) is 5.95 Å². The predicted molar refractivity (Wildman–Crippen MR) is 123 cm³/mol. The summed E-state index contributed by atoms with van der Waals surface area (Å²) in [4.78, 5) is 24.6. The van der Waals surface area contributed by atoms with E-state index in [4.69, 9.17) is 16.3 Å². The highest BCUT2D eigenvalue weighted by molar-refractivity contribution is 6.32. The number of hydrogen-bond acceptors (Lipinski definition) is 8. The lowest BCUT2D eigenvalue weighted by Crippen LogP contribution is -2.31. The fourth-order valence-corrected chi connectivity index (χ4v) is 3.76. The van der Waals surface area contributed by atoms with E-state index in [1.54, 1.807) is 23.5 Å². The molecule has 0 radical (unpaired) electrons. The summed E-state index contributed by atoms with van der Waals surface area (Å²) in [6.07, 6.45) is 14.1. The lowest BCUT2D eigenvalue weighted by atomic mass is 10.1. The van der Waals surface area contributed by atoms with E-state index < -0.39 is 0 Å². The third kappa shape index (κ3) is 5.77. The average Bonchev–Trinajstić information content (AvgIpc) is 3.15. The molecule has 170 valence electrons. The monoisotopic (exact) mass is 458 g/mol. The number of aromatic nitrogens is 4. The average molecular weight is 459 g/mol. The Labute approximate surface area is 191 Å². The molecule has 0 bridgehead atoms. The minimum Gasteiger partial charge on any atom is -0.471 e. The normalized spacial score (nSPS) is 17.3. The standard InChI is InChI=1S/C21H27ClN8O2/c1-28-8-3-17(4-9-28)30-15-16(13-25-30)26-21-24-14-18(22)20(27-21)23-6-2-7-29-10-12-32-11-5-19(29)31/h5,10-15,17H,2-4,6-9H2,1H3,(H2,23,24,26,27). The first-order valence-electron chi connectivity index (χ1n) is 10.6. The second-order valence-electron chi connectivity index (χ2n) is 7.79. The van der Waals surface area contributed by atoms with Gasteiger partial charge in [-0.3, -0.25) is 9.48 Å². The molecule has 2 aliphatic rings. The molecule has 0 unspecified atom stereocenters. The van der Waals surface area contributed by atoms with Crippen molar-refractivity contribution in [3.8, 4) is 0 Å². The Balaban J connectivity index is 1.30. The van der Waals surface area contributed by atoms with Crippen molar-refractivity contribution in [3.05, 3.63) is 48.4 Å². The summed E-state index contributed by atoms with van der Waals surface area (Å²) in [5, 5.41) is 11.3. The number of nitrogens with one attached hydrogen (secondary N) is 2. The molecular weight excluding hydrogens is 432 g/mol. The second kappa shape index (κ2) is 10.5. The van der Waals surface area contributed by atoms with E-state index in [0.29, 0.717) is 42.3 Å². The second-order valence-corrected chi connectivity index (χ2v) is 8.20. The Morgan fingerprint density at radius 3 is 2.94 bits per heavy atom. The zero-order valence-corrected chi connectivity index (χ0v) is 18.7. The van der Waals surface area contributed by atoms with Crippen molar-refractivity contribution in [1.29, 1.82) is 0 Å². The third-order valence-corrected chi connectivity index (χ3v) is 5.70. The molecule has 11 heteroatoms. The number of ether oxygens (including phenoxy) is 1. The van der Waals surface area contributed by atoms with E-state index >= 15 is 0 Å². The van der Waals surface area contributed by atoms with Crippen LogP contribution in [0.15, 0.2) is 43.4 Å². The first-order chi connectivity index (χ1) is 15.6. The van der Waals surface area contributed by atoms with E-state index in [0.717, 1.165) is 31.6 Å². The molecule has 2 aromatic rings. The molecule has 10 nitrogen and oxygen atoms in total. The van der Waals surface area contributed by atoms with E-state index in [1.165, 1.54) is 18.6 Å². The van der Waals surface area contributed by atoms with Crippen LogP contribution in [0.3, 0.4) is 0 Å². The Morgan fingerprint density at radius 1 is 1.25 bits per heavy atom. The summed E-state index contributed by atoms with van der Waals surface area (Å²) in [5.41, 5.74) is 0.832. The molecule has 0 atom stereocenters. The molecule has 0 saturated carbocycles. The number of hydrogen-bond donors (Lipinski definition) is 2. The van der Waals surface area contributed by atoms with Crippen molar-refractivity contribution >= 4 is 35.0 Å². The molecule has 2 N–H and O–H groups in total. The molecule has 1 fully saturated rings. The van der Waals surface area contributed by atoms with E-state index in [-0.39, 0.29) is 5.91 Å². The van der Waals surface area contributed by atoms with Crippen LogP contribution >= 0.6 is 11.6 Å². The van der Waals surface area contributed by atoms with E-state index in [9.17, 15) is 4.79 Å². The van der Waals surface area contributed by atoms with Gasteiger partial charge in [0.1, 0.15) is 17.1 Å². The Morgan fingerprint density at radius 2 is 2.09 bits per heavy atom. The van der Waals surface area contributed by atoms with Gasteiger partial charge in [-0.05, 0) is 39.4 Å². The zero-order valence-electron chi connectivity index (χ0n) is 17.9. The number of amides is 1. The van der Waals surface area contributed by atoms with E-state index in [1.807, 2.05) is 10.9 Å². The highest BCUT2D eigenvalue weighted by atomic mass is 35.5. The number of carbonyl (C=O) groups is 1. The highest BCUT2D eigenvalue weighted by Gasteiger charge is 2.19. The first-order valence-corrected chi connectivity index (χ1v) is 11.0.